The van der Waals surface area contributed by atoms with E-state index in [2.05, 4.69) is 29.2 Å². The second-order valence-electron chi connectivity index (χ2n) is 4.68. The molecule has 0 aliphatic rings. The summed E-state index contributed by atoms with van der Waals surface area (Å²) in [5, 5.41) is 7.63. The number of nitrogens with one attached hydrogen (secondary N) is 1. The van der Waals surface area contributed by atoms with Crippen LogP contribution in [0.2, 0.25) is 0 Å². The van der Waals surface area contributed by atoms with Gasteiger partial charge in [0, 0.05) is 25.0 Å². The van der Waals surface area contributed by atoms with Crippen molar-refractivity contribution < 1.29 is 0 Å². The Bertz CT molecular complexity index is 503. The lowest BCUT2D eigenvalue weighted by Crippen LogP contribution is -2.34. The van der Waals surface area contributed by atoms with Gasteiger partial charge in [0.2, 0.25) is 0 Å². The molecule has 1 atom stereocenters. The highest BCUT2D eigenvalue weighted by Gasteiger charge is 2.09. The highest BCUT2D eigenvalue weighted by molar-refractivity contribution is 5.67. The maximum atomic E-state index is 6.00. The summed E-state index contributed by atoms with van der Waals surface area (Å²) in [7, 11) is 0. The average molecular weight is 233 g/mol. The summed E-state index contributed by atoms with van der Waals surface area (Å²) >= 11 is 0. The molecule has 0 bridgehead atoms. The fraction of sp³-hybridized carbons (Fsp3) is 0.500. The largest absolute Gasteiger partial charge is 0.367 e. The molecule has 1 unspecified atom stereocenters. The molecule has 0 aromatic carbocycles. The summed E-state index contributed by atoms with van der Waals surface area (Å²) in [4.78, 5) is 4.32. The van der Waals surface area contributed by atoms with Gasteiger partial charge in [0.15, 0.2) is 5.82 Å². The molecule has 3 N–H and O–H groups in total. The molecule has 2 heterocycles. The Hall–Kier alpha value is -1.62. The van der Waals surface area contributed by atoms with Gasteiger partial charge in [0.25, 0.3) is 0 Å². The van der Waals surface area contributed by atoms with Gasteiger partial charge >= 0.3 is 0 Å². The molecule has 2 aromatic rings. The van der Waals surface area contributed by atoms with Crippen molar-refractivity contribution in [3.8, 4) is 0 Å². The number of aromatic nitrogens is 3. The molecular formula is C12H19N5. The highest BCUT2D eigenvalue weighted by atomic mass is 15.2. The molecule has 0 radical (unpaired) electrons. The van der Waals surface area contributed by atoms with E-state index in [0.717, 1.165) is 17.0 Å². The van der Waals surface area contributed by atoms with E-state index in [0.29, 0.717) is 12.5 Å². The van der Waals surface area contributed by atoms with E-state index in [9.17, 15) is 0 Å². The maximum Gasteiger partial charge on any atom is 0.152 e. The summed E-state index contributed by atoms with van der Waals surface area (Å²) in [6.45, 7) is 6.91. The minimum absolute atomic E-state index is 0.126. The van der Waals surface area contributed by atoms with Crippen molar-refractivity contribution in [2.75, 3.05) is 11.9 Å². The van der Waals surface area contributed by atoms with Gasteiger partial charge in [-0.25, -0.2) is 9.50 Å². The van der Waals surface area contributed by atoms with Crippen LogP contribution in [0.1, 0.15) is 19.5 Å². The fourth-order valence-corrected chi connectivity index (χ4v) is 1.63. The molecule has 92 valence electrons. The van der Waals surface area contributed by atoms with Gasteiger partial charge < -0.3 is 11.1 Å². The number of hydrogen-bond donors (Lipinski definition) is 2. The van der Waals surface area contributed by atoms with E-state index >= 15 is 0 Å². The second-order valence-corrected chi connectivity index (χ2v) is 4.68. The fourth-order valence-electron chi connectivity index (χ4n) is 1.63. The van der Waals surface area contributed by atoms with Gasteiger partial charge in [-0.3, -0.25) is 0 Å². The number of aryl methyl sites for hydroxylation is 1. The molecule has 17 heavy (non-hydrogen) atoms. The monoisotopic (exact) mass is 233 g/mol. The van der Waals surface area contributed by atoms with Gasteiger partial charge in [0.05, 0.1) is 5.69 Å². The molecule has 0 fully saturated rings. The Morgan fingerprint density at radius 2 is 2.24 bits per heavy atom. The number of nitrogens with zero attached hydrogens (tertiary/aromatic N) is 3. The summed E-state index contributed by atoms with van der Waals surface area (Å²) in [5.41, 5.74) is 7.97. The van der Waals surface area contributed by atoms with E-state index in [-0.39, 0.29) is 6.04 Å². The van der Waals surface area contributed by atoms with Crippen LogP contribution in [0.5, 0.6) is 0 Å². The Morgan fingerprint density at radius 3 is 2.94 bits per heavy atom. The number of fused-ring (bicyclic) bond motifs is 1. The van der Waals surface area contributed by atoms with Crippen molar-refractivity contribution in [1.29, 1.82) is 0 Å². The third-order valence-electron chi connectivity index (χ3n) is 2.87. The van der Waals surface area contributed by atoms with Crippen molar-refractivity contribution in [2.24, 2.45) is 11.7 Å². The first kappa shape index (κ1) is 11.9. The van der Waals surface area contributed by atoms with Gasteiger partial charge in [0.1, 0.15) is 5.52 Å². The predicted molar refractivity (Wildman–Crippen MR) is 69.0 cm³/mol. The molecule has 0 aliphatic carbocycles. The van der Waals surface area contributed by atoms with Crippen LogP contribution >= 0.6 is 0 Å². The Balaban J connectivity index is 2.18. The number of hydrogen-bond acceptors (Lipinski definition) is 4. The lowest BCUT2D eigenvalue weighted by molar-refractivity contribution is 0.511. The van der Waals surface area contributed by atoms with Crippen molar-refractivity contribution in [3.63, 3.8) is 0 Å². The lowest BCUT2D eigenvalue weighted by atomic mass is 10.1. The first-order chi connectivity index (χ1) is 8.08. The van der Waals surface area contributed by atoms with Crippen LogP contribution in [-0.2, 0) is 0 Å². The molecule has 0 spiro atoms. The molecule has 2 rings (SSSR count). The van der Waals surface area contributed by atoms with E-state index in [1.54, 1.807) is 6.20 Å². The SMILES string of the molecule is Cc1cc2c(NCC(N)C(C)C)nccn2n1. The van der Waals surface area contributed by atoms with Crippen molar-refractivity contribution >= 4 is 11.3 Å². The van der Waals surface area contributed by atoms with Gasteiger partial charge in [-0.2, -0.15) is 5.10 Å². The lowest BCUT2D eigenvalue weighted by Gasteiger charge is -2.16. The Labute approximate surface area is 101 Å². The minimum Gasteiger partial charge on any atom is -0.367 e. The van der Waals surface area contributed by atoms with E-state index < -0.39 is 0 Å². The quantitative estimate of drug-likeness (QED) is 0.838. The maximum absolute atomic E-state index is 6.00. The predicted octanol–water partition coefficient (Wildman–Crippen LogP) is 1.43. The highest BCUT2D eigenvalue weighted by Crippen LogP contribution is 2.14. The van der Waals surface area contributed by atoms with Gasteiger partial charge in [-0.15, -0.1) is 0 Å². The zero-order valence-electron chi connectivity index (χ0n) is 10.5. The molecule has 0 amide bonds. The topological polar surface area (TPSA) is 68.2 Å². The van der Waals surface area contributed by atoms with Crippen molar-refractivity contribution in [1.82, 2.24) is 14.6 Å². The third-order valence-corrected chi connectivity index (χ3v) is 2.87. The average Bonchev–Trinajstić information content (AvgIpc) is 2.66. The van der Waals surface area contributed by atoms with Crippen molar-refractivity contribution in [3.05, 3.63) is 24.2 Å². The van der Waals surface area contributed by atoms with Gasteiger partial charge in [-0.05, 0) is 18.9 Å². The zero-order valence-corrected chi connectivity index (χ0v) is 10.5. The van der Waals surface area contributed by atoms with Crippen LogP contribution < -0.4 is 11.1 Å². The summed E-state index contributed by atoms with van der Waals surface area (Å²) in [6, 6.07) is 2.14. The number of rotatable bonds is 4. The van der Waals surface area contributed by atoms with Crippen LogP contribution in [0.4, 0.5) is 5.82 Å². The van der Waals surface area contributed by atoms with E-state index in [1.165, 1.54) is 0 Å². The molecule has 5 nitrogen and oxygen atoms in total. The summed E-state index contributed by atoms with van der Waals surface area (Å²) in [6.07, 6.45) is 3.58. The number of anilines is 1. The summed E-state index contributed by atoms with van der Waals surface area (Å²) < 4.78 is 1.82. The van der Waals surface area contributed by atoms with E-state index in [1.807, 2.05) is 23.7 Å². The molecule has 2 aromatic heterocycles. The molecular weight excluding hydrogens is 214 g/mol. The molecule has 0 saturated carbocycles. The standard InChI is InChI=1S/C12H19N5/c1-8(2)10(13)7-15-12-11-6-9(3)16-17(11)5-4-14-12/h4-6,8,10H,7,13H2,1-3H3,(H,14,15). The van der Waals surface area contributed by atoms with Crippen LogP contribution in [0.3, 0.4) is 0 Å². The van der Waals surface area contributed by atoms with Crippen LogP contribution in [-0.4, -0.2) is 27.2 Å². The first-order valence-electron chi connectivity index (χ1n) is 5.88. The first-order valence-corrected chi connectivity index (χ1v) is 5.88. The van der Waals surface area contributed by atoms with Crippen molar-refractivity contribution in [2.45, 2.75) is 26.8 Å². The third kappa shape index (κ3) is 2.55. The molecule has 0 aliphatic heterocycles. The van der Waals surface area contributed by atoms with E-state index in [4.69, 9.17) is 5.73 Å². The van der Waals surface area contributed by atoms with Gasteiger partial charge in [-0.1, -0.05) is 13.8 Å². The Kier molecular flexibility index (Phi) is 3.28. The van der Waals surface area contributed by atoms with Crippen LogP contribution in [0, 0.1) is 12.8 Å². The molecule has 0 saturated heterocycles. The zero-order chi connectivity index (χ0) is 12.4. The second kappa shape index (κ2) is 4.71. The number of nitrogens with two attached hydrogens (primary N) is 1. The smallest absolute Gasteiger partial charge is 0.152 e. The Morgan fingerprint density at radius 1 is 1.47 bits per heavy atom. The van der Waals surface area contributed by atoms with Crippen LogP contribution in [0.25, 0.3) is 5.52 Å². The van der Waals surface area contributed by atoms with Crippen LogP contribution in [0.15, 0.2) is 18.5 Å². The summed E-state index contributed by atoms with van der Waals surface area (Å²) in [5.74, 6) is 1.29. The normalized spacial score (nSPS) is 13.2. The molecule has 5 heteroatoms. The minimum atomic E-state index is 0.126.